The first kappa shape index (κ1) is 32.1. The van der Waals surface area contributed by atoms with Gasteiger partial charge < -0.3 is 29.5 Å². The molecule has 1 aliphatic rings. The van der Waals surface area contributed by atoms with Crippen molar-refractivity contribution in [1.29, 1.82) is 0 Å². The topological polar surface area (TPSA) is 192 Å². The third kappa shape index (κ3) is 7.05. The Morgan fingerprint density at radius 1 is 0.909 bits per heavy atom. The molecule has 44 heavy (non-hydrogen) atoms. The maximum atomic E-state index is 13.6. The molecular weight excluding hydrogens is 576 g/mol. The first-order chi connectivity index (χ1) is 20.8. The number of carboxylic acid groups (broad SMARTS) is 3. The molecule has 2 heterocycles. The smallest absolute Gasteiger partial charge is 0.303 e. The van der Waals surface area contributed by atoms with Crippen molar-refractivity contribution >= 4 is 34.8 Å². The molecule has 3 aromatic rings. The van der Waals surface area contributed by atoms with E-state index >= 15 is 0 Å². The van der Waals surface area contributed by atoms with Crippen LogP contribution in [-0.4, -0.2) is 67.7 Å². The van der Waals surface area contributed by atoms with Crippen LogP contribution in [0.5, 0.6) is 5.75 Å². The fourth-order valence-corrected chi connectivity index (χ4v) is 5.82. The van der Waals surface area contributed by atoms with Crippen LogP contribution in [0.3, 0.4) is 0 Å². The number of aromatic nitrogens is 2. The zero-order valence-electron chi connectivity index (χ0n) is 24.7. The molecule has 13 nitrogen and oxygen atoms in total. The average molecular weight is 611 g/mol. The summed E-state index contributed by atoms with van der Waals surface area (Å²) in [5, 5.41) is 29.4. The second-order valence-corrected chi connectivity index (χ2v) is 10.9. The normalized spacial score (nSPS) is 21.5. The number of esters is 1. The van der Waals surface area contributed by atoms with Crippen molar-refractivity contribution in [3.63, 3.8) is 0 Å². The molecule has 0 bridgehead atoms. The maximum Gasteiger partial charge on any atom is 0.303 e. The predicted molar refractivity (Wildman–Crippen MR) is 155 cm³/mol. The zero-order valence-corrected chi connectivity index (χ0v) is 24.7. The lowest BCUT2D eigenvalue weighted by Crippen LogP contribution is -2.53. The standard InChI is InChI=1S/C31H34N2O11/c1-15-8-9-21-29(16(15)2)32-17(3)33(30(21)41)19-6-5-7-20(10-19)43-31-24(13-28(39)40)22(11-26(35)36)23(12-27(37)38)25(44-31)14-42-18(4)34/h5-10,22-25,31H,11-14H2,1-4H3,(H,35,36)(H,37,38)(H,39,40)/t22-,23+,24+,25-,31-/m1/s1. The fourth-order valence-electron chi connectivity index (χ4n) is 5.82. The number of fused-ring (bicyclic) bond motifs is 1. The van der Waals surface area contributed by atoms with Crippen molar-refractivity contribution in [2.75, 3.05) is 6.61 Å². The van der Waals surface area contributed by atoms with Gasteiger partial charge in [0.1, 0.15) is 18.2 Å². The van der Waals surface area contributed by atoms with Gasteiger partial charge in [0.05, 0.1) is 35.5 Å². The summed E-state index contributed by atoms with van der Waals surface area (Å²) in [5.74, 6) is -6.93. The van der Waals surface area contributed by atoms with E-state index in [1.165, 1.54) is 4.57 Å². The van der Waals surface area contributed by atoms with E-state index in [4.69, 9.17) is 14.2 Å². The van der Waals surface area contributed by atoms with Crippen LogP contribution in [0.1, 0.15) is 43.1 Å². The number of aliphatic carboxylic acids is 3. The minimum Gasteiger partial charge on any atom is -0.481 e. The Kier molecular flexibility index (Phi) is 9.68. The Balaban J connectivity index is 1.76. The van der Waals surface area contributed by atoms with Gasteiger partial charge >= 0.3 is 23.9 Å². The van der Waals surface area contributed by atoms with Gasteiger partial charge in [-0.2, -0.15) is 0 Å². The van der Waals surface area contributed by atoms with Gasteiger partial charge in [0, 0.05) is 31.2 Å². The summed E-state index contributed by atoms with van der Waals surface area (Å²) in [6, 6.07) is 9.96. The molecule has 0 radical (unpaired) electrons. The molecule has 5 atom stereocenters. The van der Waals surface area contributed by atoms with Crippen LogP contribution < -0.4 is 10.3 Å². The van der Waals surface area contributed by atoms with Crippen molar-refractivity contribution in [3.8, 4) is 11.4 Å². The van der Waals surface area contributed by atoms with E-state index in [-0.39, 0.29) is 17.9 Å². The second-order valence-electron chi connectivity index (χ2n) is 10.9. The summed E-state index contributed by atoms with van der Waals surface area (Å²) >= 11 is 0. The summed E-state index contributed by atoms with van der Waals surface area (Å²) in [6.07, 6.45) is -4.14. The summed E-state index contributed by atoms with van der Waals surface area (Å²) in [7, 11) is 0. The van der Waals surface area contributed by atoms with Crippen molar-refractivity contribution in [2.24, 2.45) is 17.8 Å². The van der Waals surface area contributed by atoms with Gasteiger partial charge in [0.25, 0.3) is 5.56 Å². The lowest BCUT2D eigenvalue weighted by molar-refractivity contribution is -0.237. The molecule has 4 rings (SSSR count). The maximum absolute atomic E-state index is 13.6. The van der Waals surface area contributed by atoms with E-state index in [0.717, 1.165) is 18.1 Å². The van der Waals surface area contributed by atoms with Gasteiger partial charge in [-0.15, -0.1) is 0 Å². The molecule has 1 fully saturated rings. The number of benzene rings is 2. The van der Waals surface area contributed by atoms with Crippen LogP contribution in [0.15, 0.2) is 41.2 Å². The third-order valence-corrected chi connectivity index (χ3v) is 7.98. The van der Waals surface area contributed by atoms with Crippen LogP contribution in [0.2, 0.25) is 0 Å². The lowest BCUT2D eigenvalue weighted by Gasteiger charge is -2.45. The van der Waals surface area contributed by atoms with Crippen LogP contribution in [-0.2, 0) is 28.7 Å². The van der Waals surface area contributed by atoms with E-state index in [2.05, 4.69) is 4.98 Å². The van der Waals surface area contributed by atoms with Crippen molar-refractivity contribution in [3.05, 3.63) is 63.7 Å². The quantitative estimate of drug-likeness (QED) is 0.269. The summed E-state index contributed by atoms with van der Waals surface area (Å²) in [5.41, 5.74) is 2.60. The van der Waals surface area contributed by atoms with Crippen molar-refractivity contribution < 1.29 is 48.7 Å². The van der Waals surface area contributed by atoms with Gasteiger partial charge in [-0.3, -0.25) is 28.5 Å². The van der Waals surface area contributed by atoms with Crippen LogP contribution in [0, 0.1) is 38.5 Å². The van der Waals surface area contributed by atoms with Gasteiger partial charge in [-0.25, -0.2) is 4.98 Å². The number of hydrogen-bond acceptors (Lipinski definition) is 9. The minimum absolute atomic E-state index is 0.173. The molecular formula is C31H34N2O11. The average Bonchev–Trinajstić information content (AvgIpc) is 2.93. The monoisotopic (exact) mass is 610 g/mol. The lowest BCUT2D eigenvalue weighted by atomic mass is 9.71. The van der Waals surface area contributed by atoms with Crippen LogP contribution in [0.4, 0.5) is 0 Å². The Bertz CT molecular complexity index is 1660. The molecule has 3 N–H and O–H groups in total. The number of aryl methyl sites for hydroxylation is 3. The molecule has 2 aromatic carbocycles. The van der Waals surface area contributed by atoms with E-state index in [1.807, 2.05) is 19.9 Å². The Labute approximate surface area is 252 Å². The fraction of sp³-hybridized carbons (Fsp3) is 0.419. The highest BCUT2D eigenvalue weighted by Gasteiger charge is 2.49. The highest BCUT2D eigenvalue weighted by atomic mass is 16.7. The Morgan fingerprint density at radius 3 is 2.18 bits per heavy atom. The van der Waals surface area contributed by atoms with E-state index in [9.17, 15) is 39.3 Å². The highest BCUT2D eigenvalue weighted by Crippen LogP contribution is 2.42. The van der Waals surface area contributed by atoms with E-state index < -0.39 is 73.3 Å². The first-order valence-corrected chi connectivity index (χ1v) is 14.0. The first-order valence-electron chi connectivity index (χ1n) is 14.0. The molecule has 1 saturated heterocycles. The van der Waals surface area contributed by atoms with Gasteiger partial charge in [-0.1, -0.05) is 12.1 Å². The minimum atomic E-state index is -1.35. The van der Waals surface area contributed by atoms with E-state index in [0.29, 0.717) is 22.4 Å². The van der Waals surface area contributed by atoms with Gasteiger partial charge in [0.2, 0.25) is 6.29 Å². The Morgan fingerprint density at radius 2 is 1.55 bits per heavy atom. The van der Waals surface area contributed by atoms with E-state index in [1.54, 1.807) is 37.3 Å². The summed E-state index contributed by atoms with van der Waals surface area (Å²) in [4.78, 5) is 65.3. The number of nitrogens with zero attached hydrogens (tertiary/aromatic N) is 2. The van der Waals surface area contributed by atoms with Crippen molar-refractivity contribution in [2.45, 2.75) is 59.4 Å². The number of rotatable bonds is 11. The molecule has 234 valence electrons. The summed E-state index contributed by atoms with van der Waals surface area (Å²) in [6.45, 7) is 6.30. The second kappa shape index (κ2) is 13.2. The number of ether oxygens (including phenoxy) is 3. The van der Waals surface area contributed by atoms with Gasteiger partial charge in [0.15, 0.2) is 0 Å². The SMILES string of the molecule is CC(=O)OC[C@H]1O[C@@H](Oc2cccc(-n3c(C)nc4c(C)c(C)ccc4c3=O)c2)[C@@H](CC(=O)O)[C@H](CC(=O)O)[C@@H]1CC(=O)O. The number of carboxylic acids is 3. The predicted octanol–water partition coefficient (Wildman–Crippen LogP) is 3.25. The highest BCUT2D eigenvalue weighted by molar-refractivity contribution is 5.82. The molecule has 0 amide bonds. The molecule has 0 spiro atoms. The van der Waals surface area contributed by atoms with Crippen LogP contribution in [0.25, 0.3) is 16.6 Å². The molecule has 13 heteroatoms. The molecule has 0 saturated carbocycles. The molecule has 0 aliphatic carbocycles. The summed E-state index contributed by atoms with van der Waals surface area (Å²) < 4.78 is 18.7. The van der Waals surface area contributed by atoms with Gasteiger partial charge in [-0.05, 0) is 56.0 Å². The van der Waals surface area contributed by atoms with Crippen molar-refractivity contribution in [1.82, 2.24) is 9.55 Å². The molecule has 1 aromatic heterocycles. The third-order valence-electron chi connectivity index (χ3n) is 7.98. The number of hydrogen-bond donors (Lipinski definition) is 3. The number of carbonyl (C=O) groups is 4. The zero-order chi connectivity index (χ0) is 32.3. The Hall–Kier alpha value is -4.78. The largest absolute Gasteiger partial charge is 0.481 e. The molecule has 0 unspecified atom stereocenters. The number of carbonyl (C=O) groups excluding carboxylic acids is 1. The van der Waals surface area contributed by atoms with Crippen LogP contribution >= 0.6 is 0 Å². The molecule has 1 aliphatic heterocycles.